The molecule has 1 fully saturated rings. The van der Waals surface area contributed by atoms with Crippen LogP contribution in [-0.4, -0.2) is 38.4 Å². The standard InChI is InChI=1S/C20H22N4O2/c1-13-21-17(10-19(25)22-13)14-6-5-9-24(11-14)20(26)16-12-23(2)18-8-4-3-7-15(16)18/h3-4,7-8,10,12,14H,5-6,9,11H2,1-2H3,(H,21,22,25)/t14-/m1/s1. The number of hydrogen-bond acceptors (Lipinski definition) is 3. The smallest absolute Gasteiger partial charge is 0.256 e. The third kappa shape index (κ3) is 2.92. The van der Waals surface area contributed by atoms with Gasteiger partial charge in [-0.2, -0.15) is 0 Å². The number of rotatable bonds is 2. The molecule has 1 aromatic carbocycles. The number of para-hydroxylation sites is 1. The molecule has 2 aromatic heterocycles. The summed E-state index contributed by atoms with van der Waals surface area (Å²) < 4.78 is 1.99. The third-order valence-corrected chi connectivity index (χ3v) is 5.13. The van der Waals surface area contributed by atoms with Gasteiger partial charge in [0.05, 0.1) is 11.3 Å². The lowest BCUT2D eigenvalue weighted by molar-refractivity contribution is 0.0707. The number of nitrogens with zero attached hydrogens (tertiary/aromatic N) is 3. The number of benzene rings is 1. The minimum Gasteiger partial charge on any atom is -0.350 e. The molecule has 0 aliphatic carbocycles. The molecule has 26 heavy (non-hydrogen) atoms. The highest BCUT2D eigenvalue weighted by Gasteiger charge is 2.28. The van der Waals surface area contributed by atoms with E-state index in [4.69, 9.17) is 0 Å². The van der Waals surface area contributed by atoms with E-state index in [1.807, 2.05) is 47.0 Å². The van der Waals surface area contributed by atoms with Gasteiger partial charge in [0, 0.05) is 49.2 Å². The summed E-state index contributed by atoms with van der Waals surface area (Å²) in [6.45, 7) is 3.12. The summed E-state index contributed by atoms with van der Waals surface area (Å²) >= 11 is 0. The van der Waals surface area contributed by atoms with Gasteiger partial charge < -0.3 is 14.5 Å². The number of carbonyl (C=O) groups is 1. The lowest BCUT2D eigenvalue weighted by Gasteiger charge is -2.32. The van der Waals surface area contributed by atoms with E-state index in [1.165, 1.54) is 0 Å². The number of aryl methyl sites for hydroxylation is 2. The molecule has 0 saturated carbocycles. The highest BCUT2D eigenvalue weighted by atomic mass is 16.2. The second kappa shape index (κ2) is 6.44. The van der Waals surface area contributed by atoms with Gasteiger partial charge in [-0.15, -0.1) is 0 Å². The first kappa shape index (κ1) is 16.6. The Kier molecular flexibility index (Phi) is 4.11. The Hall–Kier alpha value is -2.89. The van der Waals surface area contributed by atoms with Crippen molar-refractivity contribution in [3.63, 3.8) is 0 Å². The van der Waals surface area contributed by atoms with Gasteiger partial charge in [0.25, 0.3) is 11.5 Å². The van der Waals surface area contributed by atoms with Crippen molar-refractivity contribution in [2.24, 2.45) is 7.05 Å². The molecule has 1 aliphatic rings. The van der Waals surface area contributed by atoms with Crippen molar-refractivity contribution in [1.82, 2.24) is 19.4 Å². The zero-order valence-corrected chi connectivity index (χ0v) is 15.0. The van der Waals surface area contributed by atoms with Crippen LogP contribution < -0.4 is 5.56 Å². The van der Waals surface area contributed by atoms with Gasteiger partial charge in [-0.3, -0.25) is 9.59 Å². The van der Waals surface area contributed by atoms with Crippen LogP contribution in [0.15, 0.2) is 41.3 Å². The van der Waals surface area contributed by atoms with Gasteiger partial charge in [-0.1, -0.05) is 18.2 Å². The Balaban J connectivity index is 1.63. The molecule has 134 valence electrons. The SMILES string of the molecule is Cc1nc([C@@H]2CCCN(C(=O)c3cn(C)c4ccccc34)C2)cc(=O)[nH]1. The number of carbonyl (C=O) groups excluding carboxylic acids is 1. The number of hydrogen-bond donors (Lipinski definition) is 1. The molecule has 1 aliphatic heterocycles. The molecule has 4 rings (SSSR count). The van der Waals surface area contributed by atoms with Crippen molar-refractivity contribution < 1.29 is 4.79 Å². The molecule has 0 radical (unpaired) electrons. The number of nitrogens with one attached hydrogen (secondary N) is 1. The molecule has 6 nitrogen and oxygen atoms in total. The molecule has 0 unspecified atom stereocenters. The summed E-state index contributed by atoms with van der Waals surface area (Å²) in [4.78, 5) is 34.0. The molecule has 3 aromatic rings. The lowest BCUT2D eigenvalue weighted by atomic mass is 9.94. The van der Waals surface area contributed by atoms with Crippen molar-refractivity contribution in [1.29, 1.82) is 0 Å². The van der Waals surface area contributed by atoms with Gasteiger partial charge >= 0.3 is 0 Å². The molecular weight excluding hydrogens is 328 g/mol. The second-order valence-corrected chi connectivity index (χ2v) is 7.02. The average molecular weight is 350 g/mol. The number of piperidine rings is 1. The van der Waals surface area contributed by atoms with Gasteiger partial charge in [0.15, 0.2) is 0 Å². The van der Waals surface area contributed by atoms with E-state index in [9.17, 15) is 9.59 Å². The van der Waals surface area contributed by atoms with Gasteiger partial charge in [-0.25, -0.2) is 4.98 Å². The largest absolute Gasteiger partial charge is 0.350 e. The molecule has 0 spiro atoms. The highest BCUT2D eigenvalue weighted by molar-refractivity contribution is 6.07. The van der Waals surface area contributed by atoms with E-state index in [1.54, 1.807) is 13.0 Å². The quantitative estimate of drug-likeness (QED) is 0.772. The first-order chi connectivity index (χ1) is 12.5. The molecule has 3 heterocycles. The number of fused-ring (bicyclic) bond motifs is 1. The Morgan fingerprint density at radius 2 is 2.12 bits per heavy atom. The van der Waals surface area contributed by atoms with E-state index in [0.29, 0.717) is 12.4 Å². The minimum absolute atomic E-state index is 0.0491. The van der Waals surface area contributed by atoms with Crippen LogP contribution in [0.2, 0.25) is 0 Å². The van der Waals surface area contributed by atoms with E-state index in [2.05, 4.69) is 9.97 Å². The van der Waals surface area contributed by atoms with Crippen molar-refractivity contribution >= 4 is 16.8 Å². The van der Waals surface area contributed by atoms with Crippen molar-refractivity contribution in [3.05, 3.63) is 64.0 Å². The fourth-order valence-corrected chi connectivity index (χ4v) is 3.90. The molecule has 1 atom stereocenters. The predicted octanol–water partition coefficient (Wildman–Crippen LogP) is 2.59. The molecule has 6 heteroatoms. The van der Waals surface area contributed by atoms with Crippen LogP contribution >= 0.6 is 0 Å². The average Bonchev–Trinajstić information content (AvgIpc) is 2.98. The molecule has 0 bridgehead atoms. The van der Waals surface area contributed by atoms with E-state index in [-0.39, 0.29) is 17.4 Å². The lowest BCUT2D eigenvalue weighted by Crippen LogP contribution is -2.39. The van der Waals surface area contributed by atoms with Crippen LogP contribution in [0, 0.1) is 6.92 Å². The Morgan fingerprint density at radius 3 is 2.92 bits per heavy atom. The molecule has 1 saturated heterocycles. The number of aromatic nitrogens is 3. The maximum absolute atomic E-state index is 13.2. The molecule has 1 N–H and O–H groups in total. The first-order valence-corrected chi connectivity index (χ1v) is 8.94. The summed E-state index contributed by atoms with van der Waals surface area (Å²) in [5.74, 6) is 0.766. The van der Waals surface area contributed by atoms with E-state index < -0.39 is 0 Å². The predicted molar refractivity (Wildman–Crippen MR) is 100 cm³/mol. The van der Waals surface area contributed by atoms with Crippen LogP contribution in [0.1, 0.15) is 40.6 Å². The topological polar surface area (TPSA) is 71.0 Å². The van der Waals surface area contributed by atoms with Crippen molar-refractivity contribution in [3.8, 4) is 0 Å². The summed E-state index contributed by atoms with van der Waals surface area (Å²) in [5, 5.41) is 0.979. The monoisotopic (exact) mass is 350 g/mol. The second-order valence-electron chi connectivity index (χ2n) is 7.02. The summed E-state index contributed by atoms with van der Waals surface area (Å²) in [6.07, 6.45) is 3.76. The van der Waals surface area contributed by atoms with Crippen molar-refractivity contribution in [2.45, 2.75) is 25.7 Å². The van der Waals surface area contributed by atoms with Crippen LogP contribution in [0.4, 0.5) is 0 Å². The van der Waals surface area contributed by atoms with E-state index in [0.717, 1.165) is 41.5 Å². The summed E-state index contributed by atoms with van der Waals surface area (Å²) in [5.41, 5.74) is 2.43. The third-order valence-electron chi connectivity index (χ3n) is 5.13. The van der Waals surface area contributed by atoms with Crippen LogP contribution in [0.25, 0.3) is 10.9 Å². The summed E-state index contributed by atoms with van der Waals surface area (Å²) in [6, 6.07) is 9.51. The number of likely N-dealkylation sites (tertiary alicyclic amines) is 1. The Bertz CT molecular complexity index is 1030. The highest BCUT2D eigenvalue weighted by Crippen LogP contribution is 2.28. The maximum Gasteiger partial charge on any atom is 0.256 e. The number of H-pyrrole nitrogens is 1. The van der Waals surface area contributed by atoms with Gasteiger partial charge in [0.2, 0.25) is 0 Å². The maximum atomic E-state index is 13.2. The van der Waals surface area contributed by atoms with Crippen LogP contribution in [-0.2, 0) is 7.05 Å². The van der Waals surface area contributed by atoms with Crippen LogP contribution in [0.3, 0.4) is 0 Å². The van der Waals surface area contributed by atoms with Gasteiger partial charge in [-0.05, 0) is 25.8 Å². The fourth-order valence-electron chi connectivity index (χ4n) is 3.90. The normalized spacial score (nSPS) is 17.6. The number of amides is 1. The first-order valence-electron chi connectivity index (χ1n) is 8.94. The fraction of sp³-hybridized carbons (Fsp3) is 0.350. The van der Waals surface area contributed by atoms with Gasteiger partial charge in [0.1, 0.15) is 5.82 Å². The molecular formula is C20H22N4O2. The zero-order chi connectivity index (χ0) is 18.3. The molecule has 1 amide bonds. The van der Waals surface area contributed by atoms with E-state index >= 15 is 0 Å². The van der Waals surface area contributed by atoms with Crippen molar-refractivity contribution in [2.75, 3.05) is 13.1 Å². The van der Waals surface area contributed by atoms with Crippen LogP contribution in [0.5, 0.6) is 0 Å². The number of aromatic amines is 1. The zero-order valence-electron chi connectivity index (χ0n) is 15.0. The summed E-state index contributed by atoms with van der Waals surface area (Å²) in [7, 11) is 1.96. The Morgan fingerprint density at radius 1 is 1.31 bits per heavy atom. The Labute approximate surface area is 151 Å². The minimum atomic E-state index is -0.134.